The molecule has 488 valence electrons. The van der Waals surface area contributed by atoms with Crippen LogP contribution in [0.4, 0.5) is 0 Å². The number of carbonyl (C=O) groups excluding carboxylic acids is 1. The second-order valence-corrected chi connectivity index (χ2v) is 28.3. The standard InChI is InChI=1S/C59H96O26/c1-23-12-17-59(53(74)85-52-45(40(70)36(66)29(21-61)80-52)83-48-41(71)37(67)33(63)24(2)77-48)19-18-56(7)26(47(59)58(23,9)75)10-11-31-55(6)15-14-32(54(4,5)30(55)13-16-57(31,56)8)81-51-46(84-49-42(72)38(68)34(64)25(3)78-49)44(27(62)22-76-51)82-50-43(73)39(69)35(65)28(20-60)79-50/h10,23-25,27-52,60-73,75H,11-22H2,1-9H3/t23-,24-,25-,27+,28-,29+,30+,31+,32-,33+,34+,35+,36-,37+,38-,39+,40-,41+,42-,43+,44+,45+,46-,47-,48+,49-,50+,51-,52+,55-,56+,57-,58+,59-/m0/s1. The van der Waals surface area contributed by atoms with Crippen LogP contribution in [0.15, 0.2) is 11.6 Å². The maximum absolute atomic E-state index is 15.4. The van der Waals surface area contributed by atoms with E-state index in [9.17, 15) is 76.6 Å². The minimum Gasteiger partial charge on any atom is -0.432 e. The SMILES string of the molecule is C[C@@H]1O[C@@H](O[C@@H]2[C@H](O[C@H]3CC[C@@]4(C)[C@H](CC[C@@]5(C)[C@@H]4CC=C4[C@@H]6[C@](C(=O)O[C@H]7O[C@H](CO)[C@H](O)[C@H](O)[C@H]7O[C@H]7O[C@@H](C)[C@@H](O)[C@@H](O)[C@H]7O)(CC[C@H](C)[C@@]6(C)O)CC[C@]45C)C3(C)C)OC[C@@H](O)[C@H]2O[C@H]2O[C@@H](CO)[C@@H](O)[C@@H](O)[C@H]2O)[C@@H](O)[C@@H](O)[C@@H]1O. The van der Waals surface area contributed by atoms with Crippen molar-refractivity contribution < 1.29 is 129 Å². The van der Waals surface area contributed by atoms with Crippen LogP contribution in [-0.4, -0.2) is 262 Å². The van der Waals surface area contributed by atoms with E-state index in [1.54, 1.807) is 6.92 Å². The zero-order valence-corrected chi connectivity index (χ0v) is 50.0. The normalized spacial score (nSPS) is 56.1. The molecule has 4 saturated carbocycles. The van der Waals surface area contributed by atoms with Crippen molar-refractivity contribution in [1.29, 1.82) is 0 Å². The van der Waals surface area contributed by atoms with Crippen molar-refractivity contribution >= 4 is 5.97 Å². The highest BCUT2D eigenvalue weighted by molar-refractivity contribution is 5.79. The number of aliphatic hydroxyl groups is 15. The van der Waals surface area contributed by atoms with E-state index in [-0.39, 0.29) is 41.6 Å². The summed E-state index contributed by atoms with van der Waals surface area (Å²) in [4.78, 5) is 15.4. The van der Waals surface area contributed by atoms with Crippen molar-refractivity contribution in [3.8, 4) is 0 Å². The van der Waals surface area contributed by atoms with Crippen molar-refractivity contribution in [2.45, 2.75) is 279 Å². The first-order valence-corrected chi connectivity index (χ1v) is 30.6. The molecule has 0 unspecified atom stereocenters. The van der Waals surface area contributed by atoms with Crippen LogP contribution in [0.1, 0.15) is 120 Å². The van der Waals surface area contributed by atoms with Crippen LogP contribution in [-0.2, 0) is 52.2 Å². The van der Waals surface area contributed by atoms with Crippen LogP contribution in [0.2, 0.25) is 0 Å². The molecule has 0 amide bonds. The third kappa shape index (κ3) is 10.7. The lowest BCUT2D eigenvalue weighted by molar-refractivity contribution is -0.388. The van der Waals surface area contributed by atoms with E-state index < -0.39 is 200 Å². The van der Waals surface area contributed by atoms with Gasteiger partial charge >= 0.3 is 5.97 Å². The minimum absolute atomic E-state index is 0.0282. The smallest absolute Gasteiger partial charge is 0.315 e. The van der Waals surface area contributed by atoms with Crippen molar-refractivity contribution in [1.82, 2.24) is 0 Å². The molecule has 15 N–H and O–H groups in total. The summed E-state index contributed by atoms with van der Waals surface area (Å²) in [5.41, 5.74) is -3.68. The van der Waals surface area contributed by atoms with Gasteiger partial charge in [0.15, 0.2) is 31.3 Å². The van der Waals surface area contributed by atoms with Crippen molar-refractivity contribution in [2.24, 2.45) is 50.7 Å². The number of fused-ring (bicyclic) bond motifs is 7. The molecular formula is C59H96O26. The Morgan fingerprint density at radius 2 is 1.07 bits per heavy atom. The van der Waals surface area contributed by atoms with Crippen LogP contribution in [0, 0.1) is 50.7 Å². The average molecular weight is 1220 g/mol. The van der Waals surface area contributed by atoms with E-state index in [0.29, 0.717) is 38.5 Å². The average Bonchev–Trinajstić information content (AvgIpc) is 0.681. The monoisotopic (exact) mass is 1220 g/mol. The van der Waals surface area contributed by atoms with Crippen LogP contribution in [0.3, 0.4) is 0 Å². The largest absolute Gasteiger partial charge is 0.432 e. The number of hydrogen-bond donors (Lipinski definition) is 15. The number of allylic oxidation sites excluding steroid dienone is 1. The third-order valence-corrected chi connectivity index (χ3v) is 23.5. The van der Waals surface area contributed by atoms with Crippen molar-refractivity contribution in [2.75, 3.05) is 19.8 Å². The number of hydrogen-bond acceptors (Lipinski definition) is 26. The van der Waals surface area contributed by atoms with Gasteiger partial charge in [-0.05, 0) is 118 Å². The van der Waals surface area contributed by atoms with Gasteiger partial charge in [0.1, 0.15) is 97.7 Å². The lowest BCUT2D eigenvalue weighted by Crippen LogP contribution is -2.69. The highest BCUT2D eigenvalue weighted by Crippen LogP contribution is 2.76. The van der Waals surface area contributed by atoms with Gasteiger partial charge in [0.05, 0.1) is 49.1 Å². The van der Waals surface area contributed by atoms with Gasteiger partial charge in [-0.25, -0.2) is 0 Å². The molecule has 26 heteroatoms. The maximum Gasteiger partial charge on any atom is 0.315 e. The van der Waals surface area contributed by atoms with Crippen LogP contribution in [0.25, 0.3) is 0 Å². The summed E-state index contributed by atoms with van der Waals surface area (Å²) >= 11 is 0. The number of carbonyl (C=O) groups is 1. The lowest BCUT2D eigenvalue weighted by atomic mass is 9.33. The molecule has 0 aromatic heterocycles. The molecule has 34 atom stereocenters. The first-order valence-electron chi connectivity index (χ1n) is 30.6. The topological polar surface area (TPSA) is 413 Å². The molecule has 0 spiro atoms. The van der Waals surface area contributed by atoms with E-state index in [2.05, 4.69) is 40.7 Å². The van der Waals surface area contributed by atoms with Crippen molar-refractivity contribution in [3.63, 3.8) is 0 Å². The molecule has 10 aliphatic rings. The molecule has 0 radical (unpaired) electrons. The fraction of sp³-hybridized carbons (Fsp3) is 0.949. The molecule has 5 heterocycles. The molecule has 85 heavy (non-hydrogen) atoms. The minimum atomic E-state index is -1.86. The lowest BCUT2D eigenvalue weighted by Gasteiger charge is -2.72. The predicted molar refractivity (Wildman–Crippen MR) is 288 cm³/mol. The number of esters is 1. The van der Waals surface area contributed by atoms with Gasteiger partial charge in [0.2, 0.25) is 6.29 Å². The zero-order valence-electron chi connectivity index (χ0n) is 50.0. The Kier molecular flexibility index (Phi) is 18.7. The fourth-order valence-electron chi connectivity index (χ4n) is 17.8. The van der Waals surface area contributed by atoms with E-state index in [0.717, 1.165) is 18.4 Å². The Hall–Kier alpha value is -1.75. The fourth-order valence-corrected chi connectivity index (χ4v) is 17.8. The quantitative estimate of drug-likeness (QED) is 0.0544. The van der Waals surface area contributed by atoms with Gasteiger partial charge in [-0.3, -0.25) is 4.79 Å². The molecule has 10 rings (SSSR count). The van der Waals surface area contributed by atoms with E-state index in [1.165, 1.54) is 13.8 Å². The number of ether oxygens (including phenoxy) is 10. The second kappa shape index (κ2) is 24.1. The summed E-state index contributed by atoms with van der Waals surface area (Å²) < 4.78 is 61.3. The van der Waals surface area contributed by atoms with E-state index >= 15 is 4.79 Å². The third-order valence-electron chi connectivity index (χ3n) is 23.5. The Morgan fingerprint density at radius 3 is 1.66 bits per heavy atom. The van der Waals surface area contributed by atoms with Gasteiger partial charge in [-0.15, -0.1) is 0 Å². The molecule has 0 aromatic rings. The van der Waals surface area contributed by atoms with Gasteiger partial charge in [-0.1, -0.05) is 53.2 Å². The summed E-state index contributed by atoms with van der Waals surface area (Å²) in [7, 11) is 0. The first-order chi connectivity index (χ1) is 39.7. The summed E-state index contributed by atoms with van der Waals surface area (Å²) in [6, 6.07) is 0. The Bertz CT molecular complexity index is 2380. The van der Waals surface area contributed by atoms with Crippen LogP contribution in [0.5, 0.6) is 0 Å². The zero-order chi connectivity index (χ0) is 62.2. The Labute approximate surface area is 494 Å². The van der Waals surface area contributed by atoms with E-state index in [4.69, 9.17) is 47.4 Å². The maximum atomic E-state index is 15.4. The van der Waals surface area contributed by atoms with Gasteiger partial charge < -0.3 is 124 Å². The number of rotatable bonds is 12. The second-order valence-electron chi connectivity index (χ2n) is 28.3. The molecule has 0 bridgehead atoms. The molecular weight excluding hydrogens is 1120 g/mol. The summed E-state index contributed by atoms with van der Waals surface area (Å²) in [6.07, 6.45) is -31.7. The Morgan fingerprint density at radius 1 is 0.541 bits per heavy atom. The van der Waals surface area contributed by atoms with E-state index in [1.807, 2.05) is 6.92 Å². The summed E-state index contributed by atoms with van der Waals surface area (Å²) in [5, 5.41) is 164. The van der Waals surface area contributed by atoms with Gasteiger partial charge in [-0.2, -0.15) is 0 Å². The first kappa shape index (κ1) is 66.2. The number of aliphatic hydroxyl groups excluding tert-OH is 14. The highest BCUT2D eigenvalue weighted by Gasteiger charge is 2.72. The van der Waals surface area contributed by atoms with Gasteiger partial charge in [0.25, 0.3) is 0 Å². The predicted octanol–water partition coefficient (Wildman–Crippen LogP) is -2.55. The molecule has 5 aliphatic heterocycles. The molecule has 26 nitrogen and oxygen atoms in total. The molecule has 9 fully saturated rings. The van der Waals surface area contributed by atoms with Gasteiger partial charge in [0, 0.05) is 5.92 Å². The molecule has 5 aliphatic carbocycles. The highest BCUT2D eigenvalue weighted by atomic mass is 16.8. The van der Waals surface area contributed by atoms with Crippen LogP contribution >= 0.6 is 0 Å². The molecule has 0 aromatic carbocycles. The summed E-state index contributed by atoms with van der Waals surface area (Å²) in [6.45, 7) is 15.9. The summed E-state index contributed by atoms with van der Waals surface area (Å²) in [5.74, 6) is -1.66. The molecule has 5 saturated heterocycles. The Balaban J connectivity index is 0.916. The van der Waals surface area contributed by atoms with Crippen LogP contribution < -0.4 is 0 Å². The van der Waals surface area contributed by atoms with Crippen molar-refractivity contribution in [3.05, 3.63) is 11.6 Å².